The number of tetrazole rings is 1. The second kappa shape index (κ2) is 6.97. The molecule has 3 rings (SSSR count). The Morgan fingerprint density at radius 3 is 2.71 bits per heavy atom. The average Bonchev–Trinajstić information content (AvgIpc) is 3.12. The van der Waals surface area contributed by atoms with Crippen molar-refractivity contribution in [3.8, 4) is 5.69 Å². The zero-order valence-corrected chi connectivity index (χ0v) is 12.9. The number of halogens is 2. The van der Waals surface area contributed by atoms with Gasteiger partial charge in [0, 0.05) is 11.1 Å². The Labute approximate surface area is 140 Å². The van der Waals surface area contributed by atoms with Crippen LogP contribution in [0.3, 0.4) is 0 Å². The van der Waals surface area contributed by atoms with Crippen LogP contribution in [0.25, 0.3) is 5.69 Å². The molecule has 1 N–H and O–H groups in total. The SMILES string of the molecule is O=C(N/N=C/c1c(F)cccc1Cl)c1ccc(-n2cnnn2)cc1. The molecule has 0 aliphatic carbocycles. The molecule has 0 saturated heterocycles. The minimum Gasteiger partial charge on any atom is -0.267 e. The molecule has 0 unspecified atom stereocenters. The lowest BCUT2D eigenvalue weighted by molar-refractivity contribution is 0.0955. The van der Waals surface area contributed by atoms with Crippen LogP contribution in [0.1, 0.15) is 15.9 Å². The van der Waals surface area contributed by atoms with Gasteiger partial charge in [0.15, 0.2) is 0 Å². The maximum Gasteiger partial charge on any atom is 0.271 e. The Morgan fingerprint density at radius 1 is 1.25 bits per heavy atom. The van der Waals surface area contributed by atoms with Gasteiger partial charge in [0.1, 0.15) is 12.1 Å². The summed E-state index contributed by atoms with van der Waals surface area (Å²) < 4.78 is 15.0. The zero-order chi connectivity index (χ0) is 16.9. The average molecular weight is 345 g/mol. The number of hydrogen-bond acceptors (Lipinski definition) is 5. The molecule has 0 spiro atoms. The summed E-state index contributed by atoms with van der Waals surface area (Å²) in [6.45, 7) is 0. The summed E-state index contributed by atoms with van der Waals surface area (Å²) in [5.74, 6) is -0.965. The molecule has 0 aliphatic heterocycles. The van der Waals surface area contributed by atoms with Gasteiger partial charge in [0.2, 0.25) is 0 Å². The molecule has 1 aromatic heterocycles. The van der Waals surface area contributed by atoms with Crippen LogP contribution in [0.5, 0.6) is 0 Å². The molecule has 1 heterocycles. The van der Waals surface area contributed by atoms with Gasteiger partial charge in [0.25, 0.3) is 5.91 Å². The van der Waals surface area contributed by atoms with E-state index in [2.05, 4.69) is 26.1 Å². The van der Waals surface area contributed by atoms with E-state index in [-0.39, 0.29) is 10.6 Å². The van der Waals surface area contributed by atoms with Crippen molar-refractivity contribution < 1.29 is 9.18 Å². The van der Waals surface area contributed by atoms with E-state index in [1.165, 1.54) is 29.2 Å². The molecular weight excluding hydrogens is 335 g/mol. The van der Waals surface area contributed by atoms with Crippen LogP contribution in [0.2, 0.25) is 5.02 Å². The lowest BCUT2D eigenvalue weighted by Gasteiger charge is -2.03. The van der Waals surface area contributed by atoms with Crippen molar-refractivity contribution in [1.29, 1.82) is 0 Å². The summed E-state index contributed by atoms with van der Waals surface area (Å²) in [4.78, 5) is 12.0. The number of benzene rings is 2. The zero-order valence-electron chi connectivity index (χ0n) is 12.1. The Hall–Kier alpha value is -3.13. The topological polar surface area (TPSA) is 85.1 Å². The molecule has 24 heavy (non-hydrogen) atoms. The van der Waals surface area contributed by atoms with Gasteiger partial charge in [-0.25, -0.2) is 14.5 Å². The van der Waals surface area contributed by atoms with Crippen molar-refractivity contribution in [1.82, 2.24) is 25.6 Å². The first-order valence-corrected chi connectivity index (χ1v) is 7.14. The number of amides is 1. The van der Waals surface area contributed by atoms with Gasteiger partial charge in [-0.3, -0.25) is 4.79 Å². The van der Waals surface area contributed by atoms with Crippen LogP contribution >= 0.6 is 11.6 Å². The van der Waals surface area contributed by atoms with Crippen LogP contribution < -0.4 is 5.43 Å². The van der Waals surface area contributed by atoms with E-state index in [1.54, 1.807) is 24.3 Å². The second-order valence-corrected chi connectivity index (χ2v) is 5.04. The Bertz CT molecular complexity index is 859. The molecule has 0 saturated carbocycles. The van der Waals surface area contributed by atoms with Gasteiger partial charge in [-0.15, -0.1) is 5.10 Å². The highest BCUT2D eigenvalue weighted by atomic mass is 35.5. The number of carbonyl (C=O) groups excluding carboxylic acids is 1. The van der Waals surface area contributed by atoms with Crippen molar-refractivity contribution in [2.75, 3.05) is 0 Å². The van der Waals surface area contributed by atoms with E-state index < -0.39 is 11.7 Å². The third-order valence-corrected chi connectivity index (χ3v) is 3.43. The molecule has 0 radical (unpaired) electrons. The van der Waals surface area contributed by atoms with Gasteiger partial charge in [-0.05, 0) is 46.8 Å². The molecule has 3 aromatic rings. The van der Waals surface area contributed by atoms with Crippen LogP contribution in [-0.4, -0.2) is 32.3 Å². The number of rotatable bonds is 4. The molecule has 2 aromatic carbocycles. The van der Waals surface area contributed by atoms with Crippen molar-refractivity contribution >= 4 is 23.7 Å². The Kier molecular flexibility index (Phi) is 4.57. The fraction of sp³-hybridized carbons (Fsp3) is 0. The number of carbonyl (C=O) groups is 1. The Balaban J connectivity index is 1.68. The summed E-state index contributed by atoms with van der Waals surface area (Å²) in [7, 11) is 0. The van der Waals surface area contributed by atoms with Gasteiger partial charge in [-0.2, -0.15) is 5.10 Å². The van der Waals surface area contributed by atoms with Crippen molar-refractivity contribution in [2.45, 2.75) is 0 Å². The quantitative estimate of drug-likeness (QED) is 0.581. The number of hydrazone groups is 1. The van der Waals surface area contributed by atoms with Gasteiger partial charge in [-0.1, -0.05) is 17.7 Å². The Morgan fingerprint density at radius 2 is 2.04 bits per heavy atom. The maximum absolute atomic E-state index is 13.6. The first-order valence-electron chi connectivity index (χ1n) is 6.76. The third-order valence-electron chi connectivity index (χ3n) is 3.10. The first-order chi connectivity index (χ1) is 11.6. The first kappa shape index (κ1) is 15.8. The molecule has 9 heteroatoms. The molecule has 1 amide bonds. The van der Waals surface area contributed by atoms with E-state index in [9.17, 15) is 9.18 Å². The van der Waals surface area contributed by atoms with Crippen LogP contribution in [0, 0.1) is 5.82 Å². The smallest absolute Gasteiger partial charge is 0.267 e. The molecule has 0 bridgehead atoms. The number of hydrogen-bond donors (Lipinski definition) is 1. The molecule has 0 atom stereocenters. The van der Waals surface area contributed by atoms with Crippen molar-refractivity contribution in [3.05, 3.63) is 70.8 Å². The molecule has 0 fully saturated rings. The fourth-order valence-corrected chi connectivity index (χ4v) is 2.11. The second-order valence-electron chi connectivity index (χ2n) is 4.64. The summed E-state index contributed by atoms with van der Waals surface area (Å²) in [5.41, 5.74) is 3.50. The highest BCUT2D eigenvalue weighted by Crippen LogP contribution is 2.16. The molecule has 0 aliphatic rings. The largest absolute Gasteiger partial charge is 0.271 e. The highest BCUT2D eigenvalue weighted by Gasteiger charge is 2.07. The lowest BCUT2D eigenvalue weighted by Crippen LogP contribution is -2.17. The number of nitrogens with one attached hydrogen (secondary N) is 1. The summed E-state index contributed by atoms with van der Waals surface area (Å²) in [5, 5.41) is 14.7. The summed E-state index contributed by atoms with van der Waals surface area (Å²) >= 11 is 5.87. The van der Waals surface area contributed by atoms with Gasteiger partial charge in [0.05, 0.1) is 16.9 Å². The van der Waals surface area contributed by atoms with Crippen molar-refractivity contribution in [2.24, 2.45) is 5.10 Å². The molecule has 7 nitrogen and oxygen atoms in total. The van der Waals surface area contributed by atoms with Gasteiger partial charge < -0.3 is 0 Å². The van der Waals surface area contributed by atoms with Crippen LogP contribution in [0.15, 0.2) is 53.9 Å². The molecular formula is C15H10ClFN6O. The van der Waals surface area contributed by atoms with Crippen LogP contribution in [0.4, 0.5) is 4.39 Å². The summed E-state index contributed by atoms with van der Waals surface area (Å²) in [6, 6.07) is 10.8. The van der Waals surface area contributed by atoms with E-state index >= 15 is 0 Å². The van der Waals surface area contributed by atoms with E-state index in [4.69, 9.17) is 11.6 Å². The normalized spacial score (nSPS) is 10.9. The standard InChI is InChI=1S/C15H10ClFN6O/c16-13-2-1-3-14(17)12(13)8-18-20-15(24)10-4-6-11(7-5-10)23-9-19-21-22-23/h1-9H,(H,20,24)/b18-8+. The number of nitrogens with zero attached hydrogens (tertiary/aromatic N) is 5. The van der Waals surface area contributed by atoms with Crippen molar-refractivity contribution in [3.63, 3.8) is 0 Å². The third kappa shape index (κ3) is 3.44. The number of aromatic nitrogens is 4. The van der Waals surface area contributed by atoms with E-state index in [1.807, 2.05) is 0 Å². The van der Waals surface area contributed by atoms with Crippen LogP contribution in [-0.2, 0) is 0 Å². The minimum absolute atomic E-state index is 0.105. The highest BCUT2D eigenvalue weighted by molar-refractivity contribution is 6.33. The minimum atomic E-state index is -0.522. The monoisotopic (exact) mass is 344 g/mol. The molecule has 120 valence electrons. The fourth-order valence-electron chi connectivity index (χ4n) is 1.90. The predicted octanol–water partition coefficient (Wildman–Crippen LogP) is 2.22. The predicted molar refractivity (Wildman–Crippen MR) is 85.6 cm³/mol. The van der Waals surface area contributed by atoms with E-state index in [0.29, 0.717) is 11.3 Å². The van der Waals surface area contributed by atoms with Gasteiger partial charge >= 0.3 is 0 Å². The summed E-state index contributed by atoms with van der Waals surface area (Å²) in [6.07, 6.45) is 2.60. The maximum atomic E-state index is 13.6. The lowest BCUT2D eigenvalue weighted by atomic mass is 10.2. The van der Waals surface area contributed by atoms with E-state index in [0.717, 1.165) is 6.21 Å².